The van der Waals surface area contributed by atoms with Crippen LogP contribution < -0.4 is 9.47 Å². The first-order valence-electron chi connectivity index (χ1n) is 10.1. The predicted octanol–water partition coefficient (Wildman–Crippen LogP) is 4.32. The quantitative estimate of drug-likeness (QED) is 0.594. The number of likely N-dealkylation sites (tertiary alicyclic amines) is 1. The fourth-order valence-corrected chi connectivity index (χ4v) is 4.48. The summed E-state index contributed by atoms with van der Waals surface area (Å²) in [5, 5.41) is 0. The third-order valence-electron chi connectivity index (χ3n) is 6.07. The molecule has 1 aliphatic heterocycles. The van der Waals surface area contributed by atoms with Gasteiger partial charge in [-0.05, 0) is 37.6 Å². The Kier molecular flexibility index (Phi) is 7.78. The van der Waals surface area contributed by atoms with E-state index in [2.05, 4.69) is 35.2 Å². The summed E-state index contributed by atoms with van der Waals surface area (Å²) >= 11 is 0. The topological polar surface area (TPSA) is 38.8 Å². The van der Waals surface area contributed by atoms with Crippen LogP contribution in [0.25, 0.3) is 0 Å². The van der Waals surface area contributed by atoms with Gasteiger partial charge < -0.3 is 14.3 Å². The average molecular weight is 467 g/mol. The summed E-state index contributed by atoms with van der Waals surface area (Å²) in [5.41, 5.74) is 3.23. The molecule has 0 atom stereocenters. The maximum absolute atomic E-state index is 12.9. The molecule has 0 spiro atoms. The summed E-state index contributed by atoms with van der Waals surface area (Å²) in [6.07, 6.45) is 3.98. The van der Waals surface area contributed by atoms with Crippen LogP contribution in [0.15, 0.2) is 42.5 Å². The van der Waals surface area contributed by atoms with Crippen molar-refractivity contribution >= 4 is 5.78 Å². The van der Waals surface area contributed by atoms with Crippen molar-refractivity contribution in [2.24, 2.45) is 5.92 Å². The van der Waals surface area contributed by atoms with Crippen molar-refractivity contribution < 1.29 is 47.0 Å². The van der Waals surface area contributed by atoms with E-state index in [0.717, 1.165) is 62.4 Å². The monoisotopic (exact) mass is 467 g/mol. The van der Waals surface area contributed by atoms with Crippen LogP contribution in [0.1, 0.15) is 40.7 Å². The molecular formula is C24H28NO3Y-. The summed E-state index contributed by atoms with van der Waals surface area (Å²) < 4.78 is 10.8. The second kappa shape index (κ2) is 10.1. The molecule has 1 radical (unpaired) electrons. The largest absolute Gasteiger partial charge is 0.494 e. The number of carbonyl (C=O) groups excluding carboxylic acids is 1. The number of Topliss-reactive ketones (excluding diaryl/α,β-unsaturated/α-hetero) is 1. The van der Waals surface area contributed by atoms with Gasteiger partial charge in [0, 0.05) is 45.0 Å². The number of hydrogen-bond acceptors (Lipinski definition) is 4. The Hall–Kier alpha value is -1.36. The molecule has 1 saturated heterocycles. The zero-order valence-electron chi connectivity index (χ0n) is 17.3. The van der Waals surface area contributed by atoms with Gasteiger partial charge in [0.2, 0.25) is 0 Å². The second-order valence-corrected chi connectivity index (χ2v) is 7.88. The number of benzene rings is 2. The molecule has 2 aliphatic rings. The number of fused-ring (bicyclic) bond motifs is 1. The van der Waals surface area contributed by atoms with E-state index in [-0.39, 0.29) is 38.5 Å². The fraction of sp³-hybridized carbons (Fsp3) is 0.417. The van der Waals surface area contributed by atoms with Crippen molar-refractivity contribution in [2.75, 3.05) is 27.3 Å². The van der Waals surface area contributed by atoms with Crippen LogP contribution in [0.2, 0.25) is 0 Å². The molecule has 1 aliphatic carbocycles. The zero-order valence-corrected chi connectivity index (χ0v) is 20.2. The SMILES string of the molecule is COc1cc2c(cc1OC)C(=O)[C-](CC1CCN(Cc3ccccc3)CC1)C2.[Y]. The maximum atomic E-state index is 12.9. The summed E-state index contributed by atoms with van der Waals surface area (Å²) in [6, 6.07) is 14.5. The molecular weight excluding hydrogens is 439 g/mol. The van der Waals surface area contributed by atoms with Crippen LogP contribution in [0.4, 0.5) is 0 Å². The van der Waals surface area contributed by atoms with Crippen molar-refractivity contribution in [3.05, 3.63) is 65.1 Å². The van der Waals surface area contributed by atoms with Gasteiger partial charge >= 0.3 is 0 Å². The van der Waals surface area contributed by atoms with Gasteiger partial charge in [-0.25, -0.2) is 0 Å². The Bertz CT molecular complexity index is 832. The van der Waals surface area contributed by atoms with Gasteiger partial charge in [0.1, 0.15) is 5.75 Å². The standard InChI is InChI=1S/C24H28NO3.Y/c1-27-22-14-19-13-20(24(26)21(19)15-23(22)28-2)12-17-8-10-25(11-9-17)16-18-6-4-3-5-7-18;/h3-7,14-15,17H,8-13,16H2,1-2H3;/q-1;. The molecule has 29 heavy (non-hydrogen) atoms. The molecule has 0 aromatic heterocycles. The smallest absolute Gasteiger partial charge is 0.157 e. The van der Waals surface area contributed by atoms with Crippen LogP contribution in [0.3, 0.4) is 0 Å². The van der Waals surface area contributed by atoms with Crippen molar-refractivity contribution in [3.8, 4) is 11.5 Å². The number of piperidine rings is 1. The third-order valence-corrected chi connectivity index (χ3v) is 6.07. The number of rotatable bonds is 6. The van der Waals surface area contributed by atoms with Crippen LogP contribution in [0, 0.1) is 11.8 Å². The number of nitrogens with zero attached hydrogens (tertiary/aromatic N) is 1. The molecule has 0 N–H and O–H groups in total. The Balaban J connectivity index is 0.00000240. The molecule has 0 saturated carbocycles. The molecule has 1 fully saturated rings. The molecule has 5 heteroatoms. The number of methoxy groups -OCH3 is 2. The molecule has 2 aromatic rings. The van der Waals surface area contributed by atoms with E-state index in [9.17, 15) is 4.79 Å². The van der Waals surface area contributed by atoms with Crippen molar-refractivity contribution in [1.82, 2.24) is 4.90 Å². The molecule has 2 aromatic carbocycles. The van der Waals surface area contributed by atoms with Gasteiger partial charge in [-0.1, -0.05) is 55.2 Å². The summed E-state index contributed by atoms with van der Waals surface area (Å²) in [4.78, 5) is 15.4. The van der Waals surface area contributed by atoms with Gasteiger partial charge in [0.15, 0.2) is 5.75 Å². The predicted molar refractivity (Wildman–Crippen MR) is 110 cm³/mol. The number of hydrogen-bond donors (Lipinski definition) is 0. The van der Waals surface area contributed by atoms with Gasteiger partial charge in [0.05, 0.1) is 14.2 Å². The number of ether oxygens (including phenoxy) is 2. The van der Waals surface area contributed by atoms with E-state index in [1.165, 1.54) is 5.56 Å². The van der Waals surface area contributed by atoms with Gasteiger partial charge in [0.25, 0.3) is 0 Å². The summed E-state index contributed by atoms with van der Waals surface area (Å²) in [7, 11) is 3.24. The molecule has 1 heterocycles. The Morgan fingerprint density at radius 2 is 1.69 bits per heavy atom. The molecule has 0 unspecified atom stereocenters. The summed E-state index contributed by atoms with van der Waals surface area (Å²) in [6.45, 7) is 3.24. The summed E-state index contributed by atoms with van der Waals surface area (Å²) in [5.74, 6) is 3.17. The third kappa shape index (κ3) is 5.04. The van der Waals surface area contributed by atoms with E-state index in [1.54, 1.807) is 14.2 Å². The van der Waals surface area contributed by atoms with Crippen LogP contribution >= 0.6 is 0 Å². The van der Waals surface area contributed by atoms with Crippen LogP contribution in [-0.4, -0.2) is 38.0 Å². The minimum absolute atomic E-state index is 0. The van der Waals surface area contributed by atoms with Crippen molar-refractivity contribution in [2.45, 2.75) is 32.2 Å². The number of carbonyl (C=O) groups is 1. The molecule has 4 nitrogen and oxygen atoms in total. The average Bonchev–Trinajstić information content (AvgIpc) is 3.03. The minimum atomic E-state index is 0. The maximum Gasteiger partial charge on any atom is 0.157 e. The van der Waals surface area contributed by atoms with Crippen LogP contribution in [0.5, 0.6) is 11.5 Å². The van der Waals surface area contributed by atoms with E-state index in [4.69, 9.17) is 9.47 Å². The number of ketones is 1. The first-order chi connectivity index (χ1) is 13.7. The van der Waals surface area contributed by atoms with Gasteiger partial charge in [-0.3, -0.25) is 4.90 Å². The molecule has 151 valence electrons. The zero-order chi connectivity index (χ0) is 19.5. The minimum Gasteiger partial charge on any atom is -0.494 e. The fourth-order valence-electron chi connectivity index (χ4n) is 4.48. The van der Waals surface area contributed by atoms with E-state index in [0.29, 0.717) is 17.4 Å². The first kappa shape index (κ1) is 22.3. The molecule has 4 rings (SSSR count). The molecule has 0 bridgehead atoms. The second-order valence-electron chi connectivity index (χ2n) is 7.88. The van der Waals surface area contributed by atoms with Crippen molar-refractivity contribution in [3.63, 3.8) is 0 Å². The Morgan fingerprint density at radius 1 is 1.03 bits per heavy atom. The normalized spacial score (nSPS) is 17.0. The van der Waals surface area contributed by atoms with Crippen molar-refractivity contribution in [1.29, 1.82) is 0 Å². The van der Waals surface area contributed by atoms with Crippen LogP contribution in [-0.2, 0) is 45.7 Å². The Labute approximate surface area is 198 Å². The van der Waals surface area contributed by atoms with E-state index in [1.807, 2.05) is 12.1 Å². The first-order valence-corrected chi connectivity index (χ1v) is 10.1. The van der Waals surface area contributed by atoms with Gasteiger partial charge in [-0.15, -0.1) is 11.1 Å². The molecule has 0 amide bonds. The van der Waals surface area contributed by atoms with E-state index < -0.39 is 0 Å². The Morgan fingerprint density at radius 3 is 2.34 bits per heavy atom. The van der Waals surface area contributed by atoms with Gasteiger partial charge in [-0.2, -0.15) is 5.92 Å². The van der Waals surface area contributed by atoms with E-state index >= 15 is 0 Å².